The zero-order valence-corrected chi connectivity index (χ0v) is 12.6. The fraction of sp³-hybridized carbons (Fsp3) is 0.333. The largest absolute Gasteiger partial charge is 0.368 e. The first-order valence-corrected chi connectivity index (χ1v) is 7.35. The summed E-state index contributed by atoms with van der Waals surface area (Å²) in [5.74, 6) is -0.325. The van der Waals surface area contributed by atoms with Crippen molar-refractivity contribution in [1.29, 1.82) is 0 Å². The number of rotatable bonds is 6. The smallest absolute Gasteiger partial charge is 0.239 e. The van der Waals surface area contributed by atoms with E-state index in [1.807, 2.05) is 55.4 Å². The van der Waals surface area contributed by atoms with Crippen LogP contribution in [0, 0.1) is 6.92 Å². The molecule has 0 fully saturated rings. The molecule has 0 radical (unpaired) electrons. The molecule has 1 aromatic carbocycles. The first kappa shape index (κ1) is 14.7. The summed E-state index contributed by atoms with van der Waals surface area (Å²) in [6, 6.07) is 9.24. The Balaban J connectivity index is 2.04. The molecule has 1 heterocycles. The van der Waals surface area contributed by atoms with Crippen LogP contribution >= 0.6 is 11.3 Å². The Morgan fingerprint density at radius 2 is 2.10 bits per heavy atom. The van der Waals surface area contributed by atoms with Crippen molar-refractivity contribution in [2.45, 2.75) is 19.4 Å². The lowest BCUT2D eigenvalue weighted by Crippen LogP contribution is -2.36. The number of hydrogen-bond acceptors (Lipinski definition) is 4. The normalized spacial score (nSPS) is 12.6. The minimum atomic E-state index is -0.391. The Kier molecular flexibility index (Phi) is 4.87. The minimum Gasteiger partial charge on any atom is -0.368 e. The summed E-state index contributed by atoms with van der Waals surface area (Å²) in [5.41, 5.74) is 6.48. The predicted octanol–water partition coefficient (Wildman–Crippen LogP) is 2.15. The maximum Gasteiger partial charge on any atom is 0.239 e. The average molecular weight is 289 g/mol. The second-order valence-electron chi connectivity index (χ2n) is 4.81. The van der Waals surface area contributed by atoms with E-state index in [1.54, 1.807) is 11.3 Å². The summed E-state index contributed by atoms with van der Waals surface area (Å²) in [5, 5.41) is 1.09. The van der Waals surface area contributed by atoms with E-state index >= 15 is 0 Å². The third-order valence-corrected chi connectivity index (χ3v) is 4.15. The van der Waals surface area contributed by atoms with Crippen LogP contribution in [0.5, 0.6) is 0 Å². The number of aromatic nitrogens is 1. The molecule has 106 valence electrons. The first-order valence-electron chi connectivity index (χ1n) is 6.53. The average Bonchev–Trinajstić information content (AvgIpc) is 2.83. The number of benzene rings is 1. The van der Waals surface area contributed by atoms with E-state index in [0.717, 1.165) is 23.5 Å². The highest BCUT2D eigenvalue weighted by Crippen LogP contribution is 2.20. The van der Waals surface area contributed by atoms with Crippen LogP contribution in [0.4, 0.5) is 0 Å². The third-order valence-electron chi connectivity index (χ3n) is 3.17. The third kappa shape index (κ3) is 3.65. The number of nitrogens with two attached hydrogens (primary N) is 1. The molecule has 0 saturated carbocycles. The van der Waals surface area contributed by atoms with Crippen LogP contribution in [0.2, 0.25) is 0 Å². The molecule has 2 rings (SSSR count). The molecule has 2 N–H and O–H groups in total. The van der Waals surface area contributed by atoms with Crippen molar-refractivity contribution in [3.05, 3.63) is 52.0 Å². The van der Waals surface area contributed by atoms with Gasteiger partial charge in [-0.25, -0.2) is 4.98 Å². The molecule has 0 unspecified atom stereocenters. The van der Waals surface area contributed by atoms with Crippen LogP contribution in [0.1, 0.15) is 21.5 Å². The van der Waals surface area contributed by atoms with Gasteiger partial charge in [0.1, 0.15) is 6.04 Å². The highest BCUT2D eigenvalue weighted by Gasteiger charge is 2.22. The van der Waals surface area contributed by atoms with E-state index < -0.39 is 6.04 Å². The highest BCUT2D eigenvalue weighted by atomic mass is 32.1. The van der Waals surface area contributed by atoms with Crippen LogP contribution in [0.15, 0.2) is 36.5 Å². The molecule has 5 heteroatoms. The van der Waals surface area contributed by atoms with Gasteiger partial charge in [0, 0.05) is 24.0 Å². The molecule has 0 saturated heterocycles. The fourth-order valence-corrected chi connectivity index (χ4v) is 2.97. The van der Waals surface area contributed by atoms with Crippen molar-refractivity contribution in [1.82, 2.24) is 9.88 Å². The van der Waals surface area contributed by atoms with Gasteiger partial charge < -0.3 is 5.73 Å². The van der Waals surface area contributed by atoms with Crippen molar-refractivity contribution in [2.24, 2.45) is 5.73 Å². The molecule has 4 nitrogen and oxygen atoms in total. The summed E-state index contributed by atoms with van der Waals surface area (Å²) < 4.78 is 0. The summed E-state index contributed by atoms with van der Waals surface area (Å²) in [6.45, 7) is 2.79. The molecule has 0 aliphatic heterocycles. The van der Waals surface area contributed by atoms with Gasteiger partial charge in [-0.05, 0) is 19.5 Å². The van der Waals surface area contributed by atoms with Gasteiger partial charge in [-0.3, -0.25) is 9.69 Å². The van der Waals surface area contributed by atoms with Crippen LogP contribution < -0.4 is 5.73 Å². The maximum atomic E-state index is 11.7. The molecule has 2 aromatic rings. The van der Waals surface area contributed by atoms with E-state index in [1.165, 1.54) is 4.88 Å². The Labute approximate surface area is 123 Å². The number of hydrogen-bond donors (Lipinski definition) is 1. The summed E-state index contributed by atoms with van der Waals surface area (Å²) in [4.78, 5) is 19.3. The monoisotopic (exact) mass is 289 g/mol. The Morgan fingerprint density at radius 3 is 2.65 bits per heavy atom. The van der Waals surface area contributed by atoms with Crippen molar-refractivity contribution in [3.63, 3.8) is 0 Å². The predicted molar refractivity (Wildman–Crippen MR) is 81.6 cm³/mol. The number of thiazole rings is 1. The van der Waals surface area contributed by atoms with Crippen molar-refractivity contribution in [3.8, 4) is 0 Å². The Hall–Kier alpha value is -1.72. The number of carbonyl (C=O) groups excluding carboxylic acids is 1. The summed E-state index contributed by atoms with van der Waals surface area (Å²) in [7, 11) is 1.92. The van der Waals surface area contributed by atoms with E-state index in [2.05, 4.69) is 4.98 Å². The van der Waals surface area contributed by atoms with Gasteiger partial charge in [0.15, 0.2) is 0 Å². The van der Waals surface area contributed by atoms with E-state index in [4.69, 9.17) is 5.73 Å². The van der Waals surface area contributed by atoms with Gasteiger partial charge in [0.05, 0.1) is 5.01 Å². The zero-order chi connectivity index (χ0) is 14.5. The topological polar surface area (TPSA) is 59.2 Å². The van der Waals surface area contributed by atoms with Crippen LogP contribution in [-0.2, 0) is 11.2 Å². The van der Waals surface area contributed by atoms with E-state index in [9.17, 15) is 4.79 Å². The van der Waals surface area contributed by atoms with Gasteiger partial charge in [0.25, 0.3) is 0 Å². The van der Waals surface area contributed by atoms with Crippen LogP contribution in [0.25, 0.3) is 0 Å². The van der Waals surface area contributed by atoms with Crippen LogP contribution in [0.3, 0.4) is 0 Å². The fourth-order valence-electron chi connectivity index (χ4n) is 2.19. The van der Waals surface area contributed by atoms with Gasteiger partial charge in [0.2, 0.25) is 5.91 Å². The molecule has 20 heavy (non-hydrogen) atoms. The molecule has 0 aliphatic rings. The Bertz CT molecular complexity index is 568. The molecule has 0 aliphatic carbocycles. The van der Waals surface area contributed by atoms with Gasteiger partial charge in [-0.1, -0.05) is 30.3 Å². The zero-order valence-electron chi connectivity index (χ0n) is 11.7. The quantitative estimate of drug-likeness (QED) is 0.886. The molecule has 0 spiro atoms. The molecule has 0 bridgehead atoms. The summed E-state index contributed by atoms with van der Waals surface area (Å²) in [6.07, 6.45) is 2.70. The molecule has 1 amide bonds. The van der Waals surface area contributed by atoms with Gasteiger partial charge in [-0.2, -0.15) is 0 Å². The van der Waals surface area contributed by atoms with E-state index in [-0.39, 0.29) is 5.91 Å². The van der Waals surface area contributed by atoms with Crippen molar-refractivity contribution < 1.29 is 4.79 Å². The second-order valence-corrected chi connectivity index (χ2v) is 6.13. The number of carbonyl (C=O) groups is 1. The van der Waals surface area contributed by atoms with Crippen LogP contribution in [-0.4, -0.2) is 29.4 Å². The number of likely N-dealkylation sites (N-methyl/N-ethyl adjacent to an activating group) is 1. The molecule has 1 atom stereocenters. The van der Waals surface area contributed by atoms with Gasteiger partial charge >= 0.3 is 0 Å². The minimum absolute atomic E-state index is 0.325. The van der Waals surface area contributed by atoms with Gasteiger partial charge in [-0.15, -0.1) is 11.3 Å². The lowest BCUT2D eigenvalue weighted by Gasteiger charge is -2.25. The SMILES string of the molecule is Cc1cnc(CCN(C)[C@H](C(N)=O)c2ccccc2)s1. The molecular weight excluding hydrogens is 270 g/mol. The summed E-state index contributed by atoms with van der Waals surface area (Å²) >= 11 is 1.69. The number of primary amides is 1. The van der Waals surface area contributed by atoms with Crippen molar-refractivity contribution >= 4 is 17.2 Å². The second kappa shape index (κ2) is 6.63. The van der Waals surface area contributed by atoms with Crippen molar-refractivity contribution in [2.75, 3.05) is 13.6 Å². The lowest BCUT2D eigenvalue weighted by atomic mass is 10.1. The maximum absolute atomic E-state index is 11.7. The first-order chi connectivity index (χ1) is 9.58. The molecule has 1 aromatic heterocycles. The molecular formula is C15H19N3OS. The lowest BCUT2D eigenvalue weighted by molar-refractivity contribution is -0.123. The van der Waals surface area contributed by atoms with E-state index in [0.29, 0.717) is 0 Å². The number of nitrogens with zero attached hydrogens (tertiary/aromatic N) is 2. The Morgan fingerprint density at radius 1 is 1.40 bits per heavy atom. The highest BCUT2D eigenvalue weighted by molar-refractivity contribution is 7.11. The number of aryl methyl sites for hydroxylation is 1. The standard InChI is InChI=1S/C15H19N3OS/c1-11-10-17-13(20-11)8-9-18(2)14(15(16)19)12-6-4-3-5-7-12/h3-7,10,14H,8-9H2,1-2H3,(H2,16,19)/t14-/m0/s1. The number of amides is 1.